The number of carbonyl (C=O) groups excluding carboxylic acids is 1. The van der Waals surface area contributed by atoms with Crippen molar-refractivity contribution in [2.75, 3.05) is 6.61 Å². The predicted molar refractivity (Wildman–Crippen MR) is 70.3 cm³/mol. The Labute approximate surface area is 114 Å². The largest absolute Gasteiger partial charge is 0.462 e. The van der Waals surface area contributed by atoms with Crippen LogP contribution in [0.4, 0.5) is 8.78 Å². The third-order valence-electron chi connectivity index (χ3n) is 2.88. The number of aromatic nitrogens is 1. The molecule has 2 aromatic rings. The Morgan fingerprint density at radius 1 is 1.35 bits per heavy atom. The van der Waals surface area contributed by atoms with Gasteiger partial charge in [-0.15, -0.1) is 0 Å². The zero-order valence-electron chi connectivity index (χ0n) is 10.8. The van der Waals surface area contributed by atoms with Crippen molar-refractivity contribution >= 4 is 16.9 Å². The van der Waals surface area contributed by atoms with Crippen molar-refractivity contribution in [2.24, 2.45) is 5.73 Å². The number of benzene rings is 1. The number of halogens is 2. The Kier molecular flexibility index (Phi) is 3.94. The van der Waals surface area contributed by atoms with Crippen LogP contribution in [0.3, 0.4) is 0 Å². The minimum absolute atomic E-state index is 0.0539. The summed E-state index contributed by atoms with van der Waals surface area (Å²) < 4.78 is 32.0. The highest BCUT2D eigenvalue weighted by Gasteiger charge is 2.48. The molecular formula is C14H14F2N2O2. The van der Waals surface area contributed by atoms with Crippen LogP contribution < -0.4 is 5.73 Å². The summed E-state index contributed by atoms with van der Waals surface area (Å²) in [5.74, 6) is -5.45. The fraction of sp³-hybridized carbons (Fsp3) is 0.286. The predicted octanol–water partition coefficient (Wildman–Crippen LogP) is 2.43. The smallest absolute Gasteiger partial charge is 0.379 e. The quantitative estimate of drug-likeness (QED) is 0.874. The second-order valence-electron chi connectivity index (χ2n) is 4.25. The molecule has 0 aliphatic rings. The van der Waals surface area contributed by atoms with E-state index in [0.717, 1.165) is 5.39 Å². The molecular weight excluding hydrogens is 266 g/mol. The number of fused-ring (bicyclic) bond motifs is 1. The van der Waals surface area contributed by atoms with E-state index >= 15 is 0 Å². The van der Waals surface area contributed by atoms with Gasteiger partial charge in [-0.1, -0.05) is 24.3 Å². The summed E-state index contributed by atoms with van der Waals surface area (Å²) in [5, 5.41) is 0.808. The molecule has 1 aromatic heterocycles. The first-order valence-electron chi connectivity index (χ1n) is 6.13. The van der Waals surface area contributed by atoms with Crippen molar-refractivity contribution in [1.82, 2.24) is 4.98 Å². The first kappa shape index (κ1) is 14.3. The molecule has 6 heteroatoms. The van der Waals surface area contributed by atoms with E-state index in [-0.39, 0.29) is 12.3 Å². The summed E-state index contributed by atoms with van der Waals surface area (Å²) in [7, 11) is 0. The zero-order chi connectivity index (χ0) is 14.8. The van der Waals surface area contributed by atoms with Gasteiger partial charge in [0.05, 0.1) is 17.8 Å². The molecule has 0 bridgehead atoms. The van der Waals surface area contributed by atoms with Gasteiger partial charge in [0.2, 0.25) is 0 Å². The number of hydrogen-bond donors (Lipinski definition) is 1. The van der Waals surface area contributed by atoms with Gasteiger partial charge < -0.3 is 10.5 Å². The zero-order valence-corrected chi connectivity index (χ0v) is 10.8. The molecule has 0 unspecified atom stereocenters. The number of para-hydroxylation sites is 1. The van der Waals surface area contributed by atoms with E-state index in [2.05, 4.69) is 9.72 Å². The van der Waals surface area contributed by atoms with Gasteiger partial charge in [0.25, 0.3) is 0 Å². The summed E-state index contributed by atoms with van der Waals surface area (Å²) in [5.41, 5.74) is 5.97. The average molecular weight is 280 g/mol. The molecule has 20 heavy (non-hydrogen) atoms. The van der Waals surface area contributed by atoms with Crippen LogP contribution in [0.15, 0.2) is 36.4 Å². The van der Waals surface area contributed by atoms with Crippen LogP contribution in [0, 0.1) is 0 Å². The Morgan fingerprint density at radius 2 is 2.05 bits per heavy atom. The first-order chi connectivity index (χ1) is 9.46. The highest BCUT2D eigenvalue weighted by molar-refractivity contribution is 5.80. The van der Waals surface area contributed by atoms with Gasteiger partial charge >= 0.3 is 11.9 Å². The maximum absolute atomic E-state index is 13.8. The van der Waals surface area contributed by atoms with E-state index in [1.807, 2.05) is 6.07 Å². The van der Waals surface area contributed by atoms with E-state index in [0.29, 0.717) is 5.52 Å². The lowest BCUT2D eigenvalue weighted by Crippen LogP contribution is -2.42. The fourth-order valence-electron chi connectivity index (χ4n) is 1.80. The van der Waals surface area contributed by atoms with Crippen LogP contribution in [0.1, 0.15) is 18.7 Å². The van der Waals surface area contributed by atoms with Gasteiger partial charge in [-0.25, -0.2) is 4.79 Å². The van der Waals surface area contributed by atoms with Crippen LogP contribution in [0.5, 0.6) is 0 Å². The molecule has 0 saturated carbocycles. The SMILES string of the molecule is CCOC(=O)C(F)(F)[C@H](N)c1ccc2ccccc2n1. The van der Waals surface area contributed by atoms with Gasteiger partial charge in [-0.05, 0) is 19.1 Å². The van der Waals surface area contributed by atoms with E-state index in [1.54, 1.807) is 24.3 Å². The molecule has 0 spiro atoms. The third kappa shape index (κ3) is 2.60. The fourth-order valence-corrected chi connectivity index (χ4v) is 1.80. The number of nitrogens with two attached hydrogens (primary N) is 1. The summed E-state index contributed by atoms with van der Waals surface area (Å²) >= 11 is 0. The number of alkyl halides is 2. The number of ether oxygens (including phenoxy) is 1. The Balaban J connectivity index is 2.35. The topological polar surface area (TPSA) is 65.2 Å². The van der Waals surface area contributed by atoms with Crippen molar-refractivity contribution in [3.05, 3.63) is 42.1 Å². The lowest BCUT2D eigenvalue weighted by molar-refractivity contribution is -0.175. The molecule has 106 valence electrons. The molecule has 2 rings (SSSR count). The Morgan fingerprint density at radius 3 is 2.75 bits per heavy atom. The van der Waals surface area contributed by atoms with E-state index in [9.17, 15) is 13.6 Å². The molecule has 2 N–H and O–H groups in total. The Bertz CT molecular complexity index is 631. The molecule has 0 aliphatic heterocycles. The average Bonchev–Trinajstić information content (AvgIpc) is 2.46. The second kappa shape index (κ2) is 5.50. The molecule has 1 atom stereocenters. The molecule has 0 amide bonds. The lowest BCUT2D eigenvalue weighted by atomic mass is 10.1. The minimum atomic E-state index is -3.81. The van der Waals surface area contributed by atoms with Crippen molar-refractivity contribution < 1.29 is 18.3 Å². The van der Waals surface area contributed by atoms with Gasteiger partial charge in [-0.3, -0.25) is 4.98 Å². The summed E-state index contributed by atoms with van der Waals surface area (Å²) in [6, 6.07) is 8.24. The van der Waals surface area contributed by atoms with Gasteiger partial charge in [-0.2, -0.15) is 8.78 Å². The highest BCUT2D eigenvalue weighted by Crippen LogP contribution is 2.30. The molecule has 1 heterocycles. The van der Waals surface area contributed by atoms with Crippen molar-refractivity contribution in [1.29, 1.82) is 0 Å². The number of rotatable bonds is 4. The molecule has 0 aliphatic carbocycles. The number of esters is 1. The van der Waals surface area contributed by atoms with Gasteiger partial charge in [0.1, 0.15) is 6.04 Å². The van der Waals surface area contributed by atoms with E-state index < -0.39 is 17.9 Å². The molecule has 1 aromatic carbocycles. The summed E-state index contributed by atoms with van der Waals surface area (Å²) in [6.45, 7) is 1.32. The van der Waals surface area contributed by atoms with Crippen LogP contribution in [-0.4, -0.2) is 23.5 Å². The normalized spacial score (nSPS) is 13.2. The monoisotopic (exact) mass is 280 g/mol. The Hall–Kier alpha value is -2.08. The first-order valence-corrected chi connectivity index (χ1v) is 6.13. The van der Waals surface area contributed by atoms with E-state index in [1.165, 1.54) is 13.0 Å². The third-order valence-corrected chi connectivity index (χ3v) is 2.88. The number of carbonyl (C=O) groups is 1. The van der Waals surface area contributed by atoms with Crippen LogP contribution >= 0.6 is 0 Å². The highest BCUT2D eigenvalue weighted by atomic mass is 19.3. The molecule has 4 nitrogen and oxygen atoms in total. The minimum Gasteiger partial charge on any atom is -0.462 e. The second-order valence-corrected chi connectivity index (χ2v) is 4.25. The van der Waals surface area contributed by atoms with Crippen LogP contribution in [0.25, 0.3) is 10.9 Å². The molecule has 0 radical (unpaired) electrons. The molecule has 0 saturated heterocycles. The van der Waals surface area contributed by atoms with Gasteiger partial charge in [0, 0.05) is 5.39 Å². The van der Waals surface area contributed by atoms with E-state index in [4.69, 9.17) is 5.73 Å². The lowest BCUT2D eigenvalue weighted by Gasteiger charge is -2.21. The summed E-state index contributed by atoms with van der Waals surface area (Å²) in [6.07, 6.45) is 0. The van der Waals surface area contributed by atoms with Gasteiger partial charge in [0.15, 0.2) is 0 Å². The van der Waals surface area contributed by atoms with Crippen molar-refractivity contribution in [2.45, 2.75) is 18.9 Å². The maximum Gasteiger partial charge on any atom is 0.379 e. The van der Waals surface area contributed by atoms with Crippen molar-refractivity contribution in [3.8, 4) is 0 Å². The molecule has 0 fully saturated rings. The van der Waals surface area contributed by atoms with Crippen LogP contribution in [0.2, 0.25) is 0 Å². The van der Waals surface area contributed by atoms with Crippen molar-refractivity contribution in [3.63, 3.8) is 0 Å². The number of nitrogens with zero attached hydrogens (tertiary/aromatic N) is 1. The van der Waals surface area contributed by atoms with Crippen LogP contribution in [-0.2, 0) is 9.53 Å². The number of pyridine rings is 1. The standard InChI is InChI=1S/C14H14F2N2O2/c1-2-20-13(19)14(15,16)12(17)11-8-7-9-5-3-4-6-10(9)18-11/h3-8,12H,2,17H2,1H3/t12-/m1/s1. The summed E-state index contributed by atoms with van der Waals surface area (Å²) in [4.78, 5) is 15.3. The maximum atomic E-state index is 13.8. The number of hydrogen-bond acceptors (Lipinski definition) is 4.